The topological polar surface area (TPSA) is 104 Å². The Balaban J connectivity index is 0.894. The van der Waals surface area contributed by atoms with Gasteiger partial charge >= 0.3 is 0 Å². The SMILES string of the molecule is O=S1(=O)c2ccccc2C2(c3ccccc3-c3ccccc32)c2ccc3c(c21)c1cccnc1n3-c1ccc(-n2c3ccc4c(c3c3cccnc32)S(=O)(=O)c2ccccc2C42c3ccccc3-c3ccccc32)cc1. The highest BCUT2D eigenvalue weighted by Crippen LogP contribution is 2.64. The Labute approximate surface area is 436 Å². The Kier molecular flexibility index (Phi) is 7.95. The summed E-state index contributed by atoms with van der Waals surface area (Å²) in [6, 6.07) is 72.4. The van der Waals surface area contributed by atoms with E-state index in [1.54, 1.807) is 24.5 Å². The first-order chi connectivity index (χ1) is 37.3. The average molecular weight is 1020 g/mol. The van der Waals surface area contributed by atoms with Crippen LogP contribution in [-0.4, -0.2) is 35.9 Å². The average Bonchev–Trinajstić information content (AvgIpc) is 4.29. The van der Waals surface area contributed by atoms with Crippen LogP contribution in [-0.2, 0) is 30.5 Å². The molecule has 0 radical (unpaired) electrons. The summed E-state index contributed by atoms with van der Waals surface area (Å²) in [5.41, 5.74) is 13.8. The fourth-order valence-corrected chi connectivity index (χ4v) is 18.4. The Morgan fingerprint density at radius 1 is 0.316 bits per heavy atom. The van der Waals surface area contributed by atoms with Crippen molar-refractivity contribution >= 4 is 63.5 Å². The van der Waals surface area contributed by atoms with Gasteiger partial charge in [0.05, 0.1) is 41.4 Å². The number of aromatic nitrogens is 4. The summed E-state index contributed by atoms with van der Waals surface area (Å²) >= 11 is 0. The zero-order valence-corrected chi connectivity index (χ0v) is 41.8. The maximum absolute atomic E-state index is 15.5. The monoisotopic (exact) mass is 1010 g/mol. The van der Waals surface area contributed by atoms with Gasteiger partial charge in [-0.3, -0.25) is 9.13 Å². The van der Waals surface area contributed by atoms with Crippen LogP contribution in [0.4, 0.5) is 0 Å². The summed E-state index contributed by atoms with van der Waals surface area (Å²) in [7, 11) is -8.19. The van der Waals surface area contributed by atoms with Crippen LogP contribution in [0.5, 0.6) is 0 Å². The number of pyridine rings is 2. The minimum atomic E-state index is -4.10. The number of nitrogens with zero attached hydrogens (tertiary/aromatic N) is 4. The van der Waals surface area contributed by atoms with E-state index in [1.165, 1.54) is 0 Å². The molecule has 9 aromatic carbocycles. The predicted molar refractivity (Wildman–Crippen MR) is 296 cm³/mol. The first-order valence-corrected chi connectivity index (χ1v) is 28.3. The van der Waals surface area contributed by atoms with E-state index < -0.39 is 30.5 Å². The quantitative estimate of drug-likeness (QED) is 0.171. The minimum absolute atomic E-state index is 0.284. The molecule has 76 heavy (non-hydrogen) atoms. The molecule has 0 amide bonds. The van der Waals surface area contributed by atoms with Gasteiger partial charge in [0.1, 0.15) is 11.3 Å². The lowest BCUT2D eigenvalue weighted by Gasteiger charge is -2.39. The molecule has 10 heteroatoms. The molecule has 4 aromatic heterocycles. The lowest BCUT2D eigenvalue weighted by molar-refractivity contribution is 0.580. The van der Waals surface area contributed by atoms with Gasteiger partial charge in [0, 0.05) is 45.3 Å². The second-order valence-corrected chi connectivity index (χ2v) is 24.0. The van der Waals surface area contributed by atoms with Crippen LogP contribution in [0, 0.1) is 0 Å². The van der Waals surface area contributed by atoms with Gasteiger partial charge in [0.25, 0.3) is 0 Å². The highest BCUT2D eigenvalue weighted by molar-refractivity contribution is 7.92. The van der Waals surface area contributed by atoms with Crippen molar-refractivity contribution in [2.45, 2.75) is 30.4 Å². The van der Waals surface area contributed by atoms with Gasteiger partial charge in [-0.1, -0.05) is 146 Å². The van der Waals surface area contributed by atoms with E-state index in [0.29, 0.717) is 54.0 Å². The first-order valence-electron chi connectivity index (χ1n) is 25.3. The molecule has 17 rings (SSSR count). The van der Waals surface area contributed by atoms with Crippen LogP contribution in [0.1, 0.15) is 44.5 Å². The molecule has 2 aliphatic carbocycles. The minimum Gasteiger partial charge on any atom is -0.294 e. The molecule has 0 saturated heterocycles. The van der Waals surface area contributed by atoms with Crippen molar-refractivity contribution in [1.29, 1.82) is 0 Å². The molecule has 8 nitrogen and oxygen atoms in total. The first kappa shape index (κ1) is 42.2. The maximum atomic E-state index is 15.5. The summed E-state index contributed by atoms with van der Waals surface area (Å²) in [4.78, 5) is 11.1. The van der Waals surface area contributed by atoms with Gasteiger partial charge in [-0.05, 0) is 140 Å². The smallest absolute Gasteiger partial charge is 0.207 e. The molecule has 0 unspecified atom stereocenters. The van der Waals surface area contributed by atoms with Gasteiger partial charge in [-0.2, -0.15) is 0 Å². The Bertz CT molecular complexity index is 4650. The van der Waals surface area contributed by atoms with Gasteiger partial charge in [0.2, 0.25) is 19.7 Å². The third-order valence-electron chi connectivity index (χ3n) is 17.1. The van der Waals surface area contributed by atoms with Crippen molar-refractivity contribution in [2.75, 3.05) is 0 Å². The summed E-state index contributed by atoms with van der Waals surface area (Å²) in [5.74, 6) is 0. The number of benzene rings is 9. The second-order valence-electron chi connectivity index (χ2n) is 20.3. The van der Waals surface area contributed by atoms with Crippen LogP contribution < -0.4 is 0 Å². The van der Waals surface area contributed by atoms with E-state index >= 15 is 16.8 Å². The van der Waals surface area contributed by atoms with Crippen LogP contribution in [0.3, 0.4) is 0 Å². The lowest BCUT2D eigenvalue weighted by atomic mass is 9.67. The van der Waals surface area contributed by atoms with E-state index in [1.807, 2.05) is 146 Å². The zero-order chi connectivity index (χ0) is 50.5. The molecule has 2 spiro atoms. The molecule has 0 fully saturated rings. The molecule has 4 aliphatic rings. The van der Waals surface area contributed by atoms with E-state index in [4.69, 9.17) is 9.97 Å². The number of hydrogen-bond acceptors (Lipinski definition) is 6. The zero-order valence-electron chi connectivity index (χ0n) is 40.2. The molecule has 0 N–H and O–H groups in total. The van der Waals surface area contributed by atoms with Crippen LogP contribution in [0.25, 0.3) is 77.5 Å². The molecular weight excluding hydrogens is 977 g/mol. The number of rotatable bonds is 2. The van der Waals surface area contributed by atoms with Crippen LogP contribution >= 0.6 is 0 Å². The largest absolute Gasteiger partial charge is 0.294 e. The molecule has 13 aromatic rings. The van der Waals surface area contributed by atoms with E-state index in [0.717, 1.165) is 77.8 Å². The Morgan fingerprint density at radius 2 is 0.645 bits per heavy atom. The van der Waals surface area contributed by atoms with Crippen molar-refractivity contribution in [3.63, 3.8) is 0 Å². The summed E-state index contributed by atoms with van der Waals surface area (Å²) in [6.45, 7) is 0. The number of sulfone groups is 2. The third kappa shape index (κ3) is 4.78. The summed E-state index contributed by atoms with van der Waals surface area (Å²) < 4.78 is 66.3. The molecule has 0 bridgehead atoms. The van der Waals surface area contributed by atoms with Gasteiger partial charge in [0.15, 0.2) is 0 Å². The Hall–Kier alpha value is -9.22. The molecule has 2 aliphatic heterocycles. The predicted octanol–water partition coefficient (Wildman–Crippen LogP) is 13.7. The number of hydrogen-bond donors (Lipinski definition) is 0. The van der Waals surface area contributed by atoms with Crippen molar-refractivity contribution < 1.29 is 16.8 Å². The lowest BCUT2D eigenvalue weighted by Crippen LogP contribution is -2.36. The van der Waals surface area contributed by atoms with E-state index in [9.17, 15) is 0 Å². The van der Waals surface area contributed by atoms with Crippen LogP contribution in [0.2, 0.25) is 0 Å². The maximum Gasteiger partial charge on any atom is 0.207 e. The van der Waals surface area contributed by atoms with Crippen molar-refractivity contribution in [2.24, 2.45) is 0 Å². The molecule has 6 heterocycles. The molecule has 0 saturated carbocycles. The molecule has 358 valence electrons. The van der Waals surface area contributed by atoms with Crippen molar-refractivity contribution in [3.8, 4) is 33.6 Å². The highest BCUT2D eigenvalue weighted by Gasteiger charge is 2.56. The highest BCUT2D eigenvalue weighted by atomic mass is 32.2. The number of fused-ring (bicyclic) bond motifs is 26. The molecule has 0 atom stereocenters. The summed E-state index contributed by atoms with van der Waals surface area (Å²) in [5, 5.41) is 2.68. The third-order valence-corrected chi connectivity index (χ3v) is 20.9. The summed E-state index contributed by atoms with van der Waals surface area (Å²) in [6.07, 6.45) is 3.49. The van der Waals surface area contributed by atoms with E-state index in [2.05, 4.69) is 69.8 Å². The normalized spacial score (nSPS) is 16.0. The van der Waals surface area contributed by atoms with Gasteiger partial charge in [-0.25, -0.2) is 26.8 Å². The van der Waals surface area contributed by atoms with E-state index in [-0.39, 0.29) is 9.79 Å². The van der Waals surface area contributed by atoms with Gasteiger partial charge < -0.3 is 0 Å². The standard InChI is InChI=1S/C66H38N4O4S2/c71-75(72)57-27-11-9-25-51(57)65(47-21-5-1-15-41(47)42-16-2-6-22-48(42)65)53-33-35-55-59(61(53)75)45-19-13-37-67-63(45)69(55)39-29-31-40(32-30-39)70-56-36-34-54-62(60(56)46-20-14-38-68-64(46)70)76(73,74)58-28-12-10-26-52(58)66(54)49-23-7-3-17-43(49)44-18-4-8-24-50(44)66/h1-38H. The van der Waals surface area contributed by atoms with Crippen molar-refractivity contribution in [1.82, 2.24) is 19.1 Å². The fraction of sp³-hybridized carbons (Fsp3) is 0.0303. The van der Waals surface area contributed by atoms with Crippen LogP contribution in [0.15, 0.2) is 250 Å². The fourth-order valence-electron chi connectivity index (χ4n) is 14.4. The Morgan fingerprint density at radius 3 is 1.01 bits per heavy atom. The van der Waals surface area contributed by atoms with Gasteiger partial charge in [-0.15, -0.1) is 0 Å². The molecular formula is C66H38N4O4S2. The second kappa shape index (κ2) is 14.3. The van der Waals surface area contributed by atoms with Crippen molar-refractivity contribution in [3.05, 3.63) is 275 Å².